The monoisotopic (exact) mass is 464 g/mol. The summed E-state index contributed by atoms with van der Waals surface area (Å²) in [5.74, 6) is -3.39. The highest BCUT2D eigenvalue weighted by Crippen LogP contribution is 2.64. The summed E-state index contributed by atoms with van der Waals surface area (Å²) in [7, 11) is 0. The van der Waals surface area contributed by atoms with Gasteiger partial charge in [0.1, 0.15) is 17.6 Å². The molecule has 2 bridgehead atoms. The number of carbonyl (C=O) groups is 3. The molecule has 0 radical (unpaired) electrons. The number of ether oxygens (including phenoxy) is 1. The third-order valence-electron chi connectivity index (χ3n) is 7.91. The molecule has 3 aliphatic heterocycles. The fourth-order valence-electron chi connectivity index (χ4n) is 6.49. The van der Waals surface area contributed by atoms with E-state index in [0.29, 0.717) is 38.8 Å². The Labute approximate surface area is 196 Å². The number of aliphatic hydroxyl groups excluding tert-OH is 1. The molecule has 2 N–H and O–H groups in total. The van der Waals surface area contributed by atoms with Crippen molar-refractivity contribution in [3.05, 3.63) is 12.7 Å². The Morgan fingerprint density at radius 1 is 1.33 bits per heavy atom. The number of carboxylic acids is 1. The summed E-state index contributed by atoms with van der Waals surface area (Å²) in [6.45, 7) is 12.3. The van der Waals surface area contributed by atoms with Gasteiger partial charge >= 0.3 is 5.97 Å². The van der Waals surface area contributed by atoms with Crippen LogP contribution in [0.25, 0.3) is 0 Å². The van der Waals surface area contributed by atoms with E-state index in [-0.39, 0.29) is 24.3 Å². The van der Waals surface area contributed by atoms with Crippen LogP contribution in [0.3, 0.4) is 0 Å². The lowest BCUT2D eigenvalue weighted by atomic mass is 9.65. The van der Waals surface area contributed by atoms with Gasteiger partial charge in [-0.15, -0.1) is 6.58 Å². The molecular weight excluding hydrogens is 424 g/mol. The van der Waals surface area contributed by atoms with Gasteiger partial charge in [-0.05, 0) is 38.0 Å². The molecule has 33 heavy (non-hydrogen) atoms. The fourth-order valence-corrected chi connectivity index (χ4v) is 6.49. The number of rotatable bonds is 12. The molecule has 3 aliphatic rings. The van der Waals surface area contributed by atoms with E-state index in [0.717, 1.165) is 12.8 Å². The predicted octanol–water partition coefficient (Wildman–Crippen LogP) is 2.45. The number of likely N-dealkylation sites (tertiary alicyclic amines) is 1. The van der Waals surface area contributed by atoms with Crippen molar-refractivity contribution in [2.24, 2.45) is 17.8 Å². The Kier molecular flexibility index (Phi) is 7.58. The zero-order chi connectivity index (χ0) is 24.6. The molecule has 8 nitrogen and oxygen atoms in total. The molecule has 3 saturated heterocycles. The van der Waals surface area contributed by atoms with Crippen molar-refractivity contribution in [2.75, 3.05) is 19.7 Å². The number of hydrogen-bond donors (Lipinski definition) is 2. The zero-order valence-corrected chi connectivity index (χ0v) is 20.5. The SMILES string of the molecule is C=CCN(CCCC)C(=O)C1N([C@@H](CO)CC(C)C)C(=O)[C@@H]2[C@@H](C(=O)O)[C@@]3(CC)CCC12O3. The third kappa shape index (κ3) is 3.99. The Hall–Kier alpha value is -1.93. The molecule has 2 amide bonds. The lowest BCUT2D eigenvalue weighted by molar-refractivity contribution is -0.160. The normalized spacial score (nSPS) is 33.5. The van der Waals surface area contributed by atoms with Gasteiger partial charge in [-0.3, -0.25) is 14.4 Å². The molecule has 0 saturated carbocycles. The van der Waals surface area contributed by atoms with E-state index in [2.05, 4.69) is 6.58 Å². The Morgan fingerprint density at radius 3 is 2.55 bits per heavy atom. The van der Waals surface area contributed by atoms with Gasteiger partial charge in [0.25, 0.3) is 0 Å². The molecular formula is C25H40N2O6. The summed E-state index contributed by atoms with van der Waals surface area (Å²) in [4.78, 5) is 43.6. The van der Waals surface area contributed by atoms with Crippen LogP contribution >= 0.6 is 0 Å². The van der Waals surface area contributed by atoms with Crippen molar-refractivity contribution in [3.8, 4) is 0 Å². The van der Waals surface area contributed by atoms with E-state index >= 15 is 0 Å². The van der Waals surface area contributed by atoms with Crippen molar-refractivity contribution in [3.63, 3.8) is 0 Å². The second-order valence-corrected chi connectivity index (χ2v) is 10.3. The van der Waals surface area contributed by atoms with Crippen LogP contribution in [0.1, 0.15) is 66.2 Å². The number of amides is 2. The first-order valence-corrected chi connectivity index (χ1v) is 12.4. The van der Waals surface area contributed by atoms with Gasteiger partial charge in [0.15, 0.2) is 0 Å². The highest BCUT2D eigenvalue weighted by molar-refractivity contribution is 5.98. The molecule has 6 atom stereocenters. The van der Waals surface area contributed by atoms with Crippen LogP contribution in [-0.4, -0.2) is 80.8 Å². The van der Waals surface area contributed by atoms with Crippen molar-refractivity contribution < 1.29 is 29.3 Å². The van der Waals surface area contributed by atoms with Crippen LogP contribution < -0.4 is 0 Å². The van der Waals surface area contributed by atoms with Gasteiger partial charge in [0.05, 0.1) is 24.2 Å². The maximum Gasteiger partial charge on any atom is 0.310 e. The molecule has 0 aliphatic carbocycles. The number of fused-ring (bicyclic) bond motifs is 1. The maximum atomic E-state index is 14.1. The van der Waals surface area contributed by atoms with E-state index in [9.17, 15) is 24.6 Å². The van der Waals surface area contributed by atoms with Crippen molar-refractivity contribution >= 4 is 17.8 Å². The van der Waals surface area contributed by atoms with Gasteiger partial charge in [-0.2, -0.15) is 0 Å². The average molecular weight is 465 g/mol. The first-order valence-electron chi connectivity index (χ1n) is 12.4. The second-order valence-electron chi connectivity index (χ2n) is 10.3. The molecule has 1 spiro atoms. The molecule has 3 heterocycles. The number of nitrogens with zero attached hydrogens (tertiary/aromatic N) is 2. The van der Waals surface area contributed by atoms with E-state index in [1.807, 2.05) is 27.7 Å². The topological polar surface area (TPSA) is 107 Å². The Balaban J connectivity index is 2.13. The number of aliphatic hydroxyl groups is 1. The first kappa shape index (κ1) is 25.7. The summed E-state index contributed by atoms with van der Waals surface area (Å²) < 4.78 is 6.56. The van der Waals surface area contributed by atoms with Gasteiger partial charge < -0.3 is 24.7 Å². The van der Waals surface area contributed by atoms with Crippen molar-refractivity contribution in [2.45, 2.75) is 89.5 Å². The lowest BCUT2D eigenvalue weighted by Crippen LogP contribution is -2.59. The minimum atomic E-state index is -1.18. The smallest absolute Gasteiger partial charge is 0.310 e. The second kappa shape index (κ2) is 9.74. The number of carbonyl (C=O) groups excluding carboxylic acids is 2. The summed E-state index contributed by atoms with van der Waals surface area (Å²) in [6, 6.07) is -1.52. The molecule has 0 aromatic carbocycles. The third-order valence-corrected chi connectivity index (χ3v) is 7.91. The van der Waals surface area contributed by atoms with Crippen molar-refractivity contribution in [1.29, 1.82) is 0 Å². The number of hydrogen-bond acceptors (Lipinski definition) is 5. The van der Waals surface area contributed by atoms with E-state index in [1.54, 1.807) is 11.0 Å². The van der Waals surface area contributed by atoms with Crippen molar-refractivity contribution in [1.82, 2.24) is 9.80 Å². The minimum Gasteiger partial charge on any atom is -0.481 e. The zero-order valence-electron chi connectivity index (χ0n) is 20.5. The first-order chi connectivity index (χ1) is 15.6. The molecule has 8 heteroatoms. The van der Waals surface area contributed by atoms with Crippen LogP contribution in [0.15, 0.2) is 12.7 Å². The Morgan fingerprint density at radius 2 is 2.03 bits per heavy atom. The fraction of sp³-hybridized carbons (Fsp3) is 0.800. The Bertz CT molecular complexity index is 785. The standard InChI is InChI=1S/C25H40N2O6/c1-6-9-13-26(12-7-2)22(30)20-25-11-10-24(8-3,33-25)19(23(31)32)18(25)21(29)27(20)17(15-28)14-16(4)5/h7,16-20,28H,2,6,8-15H2,1,3-5H3,(H,31,32)/t17-,18+,19+,20?,24-,25?/m1/s1. The average Bonchev–Trinajstić information content (AvgIpc) is 3.38. The van der Waals surface area contributed by atoms with Crippen LogP contribution in [0.5, 0.6) is 0 Å². The minimum absolute atomic E-state index is 0.183. The lowest BCUT2D eigenvalue weighted by Gasteiger charge is -2.40. The van der Waals surface area contributed by atoms with Gasteiger partial charge in [-0.1, -0.05) is 40.2 Å². The van der Waals surface area contributed by atoms with Crippen LogP contribution in [0, 0.1) is 17.8 Å². The van der Waals surface area contributed by atoms with E-state index < -0.39 is 41.1 Å². The van der Waals surface area contributed by atoms with E-state index in [1.165, 1.54) is 4.90 Å². The number of unbranched alkanes of at least 4 members (excludes halogenated alkanes) is 1. The van der Waals surface area contributed by atoms with Gasteiger partial charge in [0, 0.05) is 13.1 Å². The van der Waals surface area contributed by atoms with E-state index in [4.69, 9.17) is 4.74 Å². The summed E-state index contributed by atoms with van der Waals surface area (Å²) in [5.41, 5.74) is -2.11. The molecule has 2 unspecified atom stereocenters. The van der Waals surface area contributed by atoms with Gasteiger partial charge in [0.2, 0.25) is 11.8 Å². The summed E-state index contributed by atoms with van der Waals surface area (Å²) >= 11 is 0. The molecule has 0 aromatic rings. The highest BCUT2D eigenvalue weighted by Gasteiger charge is 2.79. The molecule has 3 fully saturated rings. The summed E-state index contributed by atoms with van der Waals surface area (Å²) in [5, 5.41) is 20.4. The summed E-state index contributed by atoms with van der Waals surface area (Å²) in [6.07, 6.45) is 5.34. The number of aliphatic carboxylic acids is 1. The molecule has 3 rings (SSSR count). The maximum absolute atomic E-state index is 14.1. The molecule has 0 aromatic heterocycles. The number of carboxylic acid groups (broad SMARTS) is 1. The highest BCUT2D eigenvalue weighted by atomic mass is 16.5. The van der Waals surface area contributed by atoms with Crippen LogP contribution in [-0.2, 0) is 19.1 Å². The quantitative estimate of drug-likeness (QED) is 0.430. The van der Waals surface area contributed by atoms with Gasteiger partial charge in [-0.25, -0.2) is 0 Å². The predicted molar refractivity (Wildman–Crippen MR) is 123 cm³/mol. The van der Waals surface area contributed by atoms with Crippen LogP contribution in [0.4, 0.5) is 0 Å². The largest absolute Gasteiger partial charge is 0.481 e. The van der Waals surface area contributed by atoms with Crippen LogP contribution in [0.2, 0.25) is 0 Å². The molecule has 186 valence electrons.